The van der Waals surface area contributed by atoms with E-state index in [9.17, 15) is 14.4 Å². The zero-order valence-electron chi connectivity index (χ0n) is 11.8. The summed E-state index contributed by atoms with van der Waals surface area (Å²) in [7, 11) is 0. The highest BCUT2D eigenvalue weighted by molar-refractivity contribution is 9.10. The maximum absolute atomic E-state index is 12.0. The van der Waals surface area contributed by atoms with Crippen LogP contribution in [0.1, 0.15) is 20.3 Å². The van der Waals surface area contributed by atoms with Crippen molar-refractivity contribution < 1.29 is 14.4 Å². The molecule has 1 saturated heterocycles. The van der Waals surface area contributed by atoms with Crippen LogP contribution in [0.5, 0.6) is 0 Å². The zero-order valence-corrected chi connectivity index (χ0v) is 13.4. The Morgan fingerprint density at radius 2 is 2.10 bits per heavy atom. The smallest absolute Gasteiger partial charge is 0.244 e. The van der Waals surface area contributed by atoms with Gasteiger partial charge in [-0.15, -0.1) is 0 Å². The molecule has 6 nitrogen and oxygen atoms in total. The van der Waals surface area contributed by atoms with Crippen LogP contribution in [0.25, 0.3) is 0 Å². The number of amides is 3. The molecule has 2 rings (SSSR count). The van der Waals surface area contributed by atoms with Gasteiger partial charge in [-0.3, -0.25) is 19.3 Å². The van der Waals surface area contributed by atoms with Gasteiger partial charge in [0.05, 0.1) is 11.1 Å². The number of imide groups is 1. The molecule has 7 heteroatoms. The number of carbonyl (C=O) groups is 3. The summed E-state index contributed by atoms with van der Waals surface area (Å²) >= 11 is 3.29. The molecule has 0 saturated carbocycles. The molecule has 1 heterocycles. The molecule has 1 aromatic rings. The molecule has 21 heavy (non-hydrogen) atoms. The minimum Gasteiger partial charge on any atom is -0.399 e. The average molecular weight is 354 g/mol. The predicted molar refractivity (Wildman–Crippen MR) is 82.3 cm³/mol. The van der Waals surface area contributed by atoms with E-state index in [1.807, 2.05) is 0 Å². The number of benzene rings is 1. The van der Waals surface area contributed by atoms with Gasteiger partial charge in [0.25, 0.3) is 0 Å². The summed E-state index contributed by atoms with van der Waals surface area (Å²) in [5, 5.41) is 2.65. The van der Waals surface area contributed by atoms with E-state index in [1.165, 1.54) is 0 Å². The van der Waals surface area contributed by atoms with Gasteiger partial charge in [-0.2, -0.15) is 0 Å². The van der Waals surface area contributed by atoms with Gasteiger partial charge in [-0.25, -0.2) is 0 Å². The van der Waals surface area contributed by atoms with E-state index in [1.54, 1.807) is 32.0 Å². The van der Waals surface area contributed by atoms with Gasteiger partial charge in [-0.1, -0.05) is 13.8 Å². The molecule has 112 valence electrons. The number of carbonyl (C=O) groups excluding carboxylic acids is 3. The van der Waals surface area contributed by atoms with Crippen molar-refractivity contribution in [1.29, 1.82) is 0 Å². The van der Waals surface area contributed by atoms with E-state index >= 15 is 0 Å². The normalized spacial score (nSPS) is 17.2. The first kappa shape index (κ1) is 15.5. The molecular formula is C14H16BrN3O3. The lowest BCUT2D eigenvalue weighted by atomic mass is 9.92. The van der Waals surface area contributed by atoms with Crippen LogP contribution in [0, 0.1) is 5.41 Å². The van der Waals surface area contributed by atoms with Crippen LogP contribution in [0.2, 0.25) is 0 Å². The van der Waals surface area contributed by atoms with Crippen molar-refractivity contribution in [2.45, 2.75) is 20.3 Å². The first-order valence-corrected chi connectivity index (χ1v) is 7.20. The number of nitrogens with zero attached hydrogens (tertiary/aromatic N) is 1. The number of nitrogen functional groups attached to an aromatic ring is 1. The highest BCUT2D eigenvalue weighted by Crippen LogP contribution is 2.31. The number of anilines is 2. The van der Waals surface area contributed by atoms with Gasteiger partial charge < -0.3 is 11.1 Å². The Morgan fingerprint density at radius 1 is 1.43 bits per heavy atom. The van der Waals surface area contributed by atoms with Crippen molar-refractivity contribution in [2.24, 2.45) is 5.41 Å². The maximum Gasteiger partial charge on any atom is 0.244 e. The van der Waals surface area contributed by atoms with Crippen LogP contribution >= 0.6 is 15.9 Å². The van der Waals surface area contributed by atoms with E-state index in [4.69, 9.17) is 5.73 Å². The predicted octanol–water partition coefficient (Wildman–Crippen LogP) is 1.75. The SMILES string of the molecule is CC1(C)CC(=O)N(CC(=O)Nc2ccc(N)cc2Br)C1=O. The van der Waals surface area contributed by atoms with E-state index < -0.39 is 11.3 Å². The zero-order chi connectivity index (χ0) is 15.8. The Hall–Kier alpha value is -1.89. The molecule has 1 fully saturated rings. The molecule has 3 amide bonds. The van der Waals surface area contributed by atoms with E-state index in [-0.39, 0.29) is 24.8 Å². The molecule has 0 atom stereocenters. The minimum atomic E-state index is -0.737. The number of rotatable bonds is 3. The molecule has 3 N–H and O–H groups in total. The number of halogens is 1. The van der Waals surface area contributed by atoms with E-state index in [2.05, 4.69) is 21.2 Å². The summed E-state index contributed by atoms with van der Waals surface area (Å²) in [6.45, 7) is 3.11. The largest absolute Gasteiger partial charge is 0.399 e. The fourth-order valence-corrected chi connectivity index (χ4v) is 2.65. The second-order valence-electron chi connectivity index (χ2n) is 5.63. The van der Waals surface area contributed by atoms with Crippen molar-refractivity contribution in [3.8, 4) is 0 Å². The molecule has 0 radical (unpaired) electrons. The second-order valence-corrected chi connectivity index (χ2v) is 6.49. The monoisotopic (exact) mass is 353 g/mol. The Bertz CT molecular complexity index is 628. The van der Waals surface area contributed by atoms with Crippen LogP contribution < -0.4 is 11.1 Å². The lowest BCUT2D eigenvalue weighted by Crippen LogP contribution is -2.39. The fourth-order valence-electron chi connectivity index (χ4n) is 2.15. The van der Waals surface area contributed by atoms with Crippen molar-refractivity contribution in [1.82, 2.24) is 4.90 Å². The number of hydrogen-bond acceptors (Lipinski definition) is 4. The number of likely N-dealkylation sites (tertiary alicyclic amines) is 1. The summed E-state index contributed by atoms with van der Waals surface area (Å²) in [5.41, 5.74) is 5.98. The van der Waals surface area contributed by atoms with Gasteiger partial charge in [-0.05, 0) is 34.1 Å². The average Bonchev–Trinajstić information content (AvgIpc) is 2.55. The Balaban J connectivity index is 2.06. The second kappa shape index (κ2) is 5.48. The molecule has 0 spiro atoms. The molecule has 1 aromatic carbocycles. The lowest BCUT2D eigenvalue weighted by molar-refractivity contribution is -0.143. The summed E-state index contributed by atoms with van der Waals surface area (Å²) in [5.74, 6) is -1.07. The lowest BCUT2D eigenvalue weighted by Gasteiger charge is -2.17. The van der Waals surface area contributed by atoms with Gasteiger partial charge in [0, 0.05) is 16.6 Å². The molecule has 1 aliphatic rings. The van der Waals surface area contributed by atoms with Crippen LogP contribution in [0.3, 0.4) is 0 Å². The minimum absolute atomic E-state index is 0.130. The van der Waals surface area contributed by atoms with E-state index in [0.29, 0.717) is 15.8 Å². The molecule has 0 aromatic heterocycles. The first-order valence-electron chi connectivity index (χ1n) is 6.40. The highest BCUT2D eigenvalue weighted by Gasteiger charge is 2.45. The number of nitrogens with one attached hydrogen (secondary N) is 1. The van der Waals surface area contributed by atoms with Crippen molar-refractivity contribution >= 4 is 45.0 Å². The Labute approximate surface area is 130 Å². The molecule has 0 bridgehead atoms. The van der Waals surface area contributed by atoms with Crippen LogP contribution in [0.15, 0.2) is 22.7 Å². The quantitative estimate of drug-likeness (QED) is 0.639. The van der Waals surface area contributed by atoms with E-state index in [0.717, 1.165) is 4.90 Å². The summed E-state index contributed by atoms with van der Waals surface area (Å²) in [6, 6.07) is 4.95. The van der Waals surface area contributed by atoms with Crippen molar-refractivity contribution in [3.63, 3.8) is 0 Å². The Kier molecular flexibility index (Phi) is 4.04. The maximum atomic E-state index is 12.0. The van der Waals surface area contributed by atoms with Gasteiger partial charge in [0.1, 0.15) is 6.54 Å². The first-order chi connectivity index (χ1) is 9.70. The van der Waals surface area contributed by atoms with Crippen molar-refractivity contribution in [2.75, 3.05) is 17.6 Å². The summed E-state index contributed by atoms with van der Waals surface area (Å²) in [6.07, 6.45) is 0.130. The molecular weight excluding hydrogens is 338 g/mol. The van der Waals surface area contributed by atoms with Crippen LogP contribution in [0.4, 0.5) is 11.4 Å². The molecule has 1 aliphatic heterocycles. The van der Waals surface area contributed by atoms with Gasteiger partial charge in [0.15, 0.2) is 0 Å². The standard InChI is InChI=1S/C14H16BrN3O3/c1-14(2)6-12(20)18(13(14)21)7-11(19)17-10-4-3-8(16)5-9(10)15/h3-5H,6-7,16H2,1-2H3,(H,17,19). The third-order valence-corrected chi connectivity index (χ3v) is 3.94. The molecule has 0 unspecified atom stereocenters. The number of hydrogen-bond donors (Lipinski definition) is 2. The third-order valence-electron chi connectivity index (χ3n) is 3.29. The van der Waals surface area contributed by atoms with Crippen LogP contribution in [-0.4, -0.2) is 29.2 Å². The van der Waals surface area contributed by atoms with Crippen LogP contribution in [-0.2, 0) is 14.4 Å². The van der Waals surface area contributed by atoms with Crippen molar-refractivity contribution in [3.05, 3.63) is 22.7 Å². The summed E-state index contributed by atoms with van der Waals surface area (Å²) < 4.78 is 0.634. The number of nitrogens with two attached hydrogens (primary N) is 1. The van der Waals surface area contributed by atoms with Gasteiger partial charge >= 0.3 is 0 Å². The summed E-state index contributed by atoms with van der Waals surface area (Å²) in [4.78, 5) is 36.8. The van der Waals surface area contributed by atoms with Gasteiger partial charge in [0.2, 0.25) is 17.7 Å². The third kappa shape index (κ3) is 3.24. The topological polar surface area (TPSA) is 92.5 Å². The highest BCUT2D eigenvalue weighted by atomic mass is 79.9. The fraction of sp³-hybridized carbons (Fsp3) is 0.357. The Morgan fingerprint density at radius 3 is 2.62 bits per heavy atom. The molecule has 0 aliphatic carbocycles.